The molecule has 0 aromatic carbocycles. The molecule has 15 heavy (non-hydrogen) atoms. The quantitative estimate of drug-likeness (QED) is 0.568. The van der Waals surface area contributed by atoms with E-state index in [-0.39, 0.29) is 36.4 Å². The van der Waals surface area contributed by atoms with Crippen LogP contribution in [0.15, 0.2) is 0 Å². The van der Waals surface area contributed by atoms with Crippen molar-refractivity contribution >= 4 is 5.91 Å². The Balaban J connectivity index is 2.46. The summed E-state index contributed by atoms with van der Waals surface area (Å²) in [6, 6.07) is -0.429. The van der Waals surface area contributed by atoms with Crippen molar-refractivity contribution in [1.82, 2.24) is 5.32 Å². The fourth-order valence-electron chi connectivity index (χ4n) is 1.55. The number of rotatable bonds is 4. The van der Waals surface area contributed by atoms with E-state index in [4.69, 9.17) is 15.6 Å². The summed E-state index contributed by atoms with van der Waals surface area (Å²) < 4.78 is 5.12. The third-order valence-corrected chi connectivity index (χ3v) is 2.79. The molecule has 1 rings (SSSR count). The highest BCUT2D eigenvalue weighted by Gasteiger charge is 2.32. The van der Waals surface area contributed by atoms with E-state index in [2.05, 4.69) is 5.32 Å². The zero-order valence-electron chi connectivity index (χ0n) is 9.27. The molecule has 3 unspecified atom stereocenters. The number of amides is 1. The first-order chi connectivity index (χ1) is 7.06. The van der Waals surface area contributed by atoms with Crippen molar-refractivity contribution in [3.05, 3.63) is 0 Å². The third kappa shape index (κ3) is 3.15. The number of aliphatic hydroxyl groups is 1. The molecule has 0 radical (unpaired) electrons. The van der Waals surface area contributed by atoms with E-state index >= 15 is 0 Å². The maximum Gasteiger partial charge on any atom is 0.227 e. The first-order valence-electron chi connectivity index (χ1n) is 5.30. The van der Waals surface area contributed by atoms with Gasteiger partial charge in [0.1, 0.15) is 0 Å². The second kappa shape index (κ2) is 5.44. The Kier molecular flexibility index (Phi) is 4.50. The van der Waals surface area contributed by atoms with Gasteiger partial charge in [-0.3, -0.25) is 4.79 Å². The van der Waals surface area contributed by atoms with Gasteiger partial charge in [-0.15, -0.1) is 0 Å². The standard InChI is InChI=1S/C10H20N2O3/c1-6(2)9(3-13)12-10(14)7-4-15-5-8(7)11/h6-9,13H,3-5,11H2,1-2H3,(H,12,14). The summed E-state index contributed by atoms with van der Waals surface area (Å²) in [5, 5.41) is 11.9. The second-order valence-corrected chi connectivity index (χ2v) is 4.35. The van der Waals surface area contributed by atoms with Crippen molar-refractivity contribution in [2.45, 2.75) is 25.9 Å². The average Bonchev–Trinajstić information content (AvgIpc) is 2.60. The maximum absolute atomic E-state index is 11.7. The third-order valence-electron chi connectivity index (χ3n) is 2.79. The number of carbonyl (C=O) groups excluding carboxylic acids is 1. The Morgan fingerprint density at radius 1 is 1.60 bits per heavy atom. The molecule has 4 N–H and O–H groups in total. The second-order valence-electron chi connectivity index (χ2n) is 4.35. The van der Waals surface area contributed by atoms with E-state index in [9.17, 15) is 4.79 Å². The number of nitrogens with two attached hydrogens (primary N) is 1. The molecule has 1 heterocycles. The van der Waals surface area contributed by atoms with Crippen LogP contribution < -0.4 is 11.1 Å². The van der Waals surface area contributed by atoms with E-state index in [1.165, 1.54) is 0 Å². The summed E-state index contributed by atoms with van der Waals surface area (Å²) in [5.74, 6) is -0.192. The van der Waals surface area contributed by atoms with Gasteiger partial charge in [-0.1, -0.05) is 13.8 Å². The Bertz CT molecular complexity index is 221. The van der Waals surface area contributed by atoms with Crippen LogP contribution in [0.5, 0.6) is 0 Å². The minimum absolute atomic E-state index is 0.0494. The predicted octanol–water partition coefficient (Wildman–Crippen LogP) is -0.907. The zero-order valence-corrected chi connectivity index (χ0v) is 9.27. The van der Waals surface area contributed by atoms with Crippen LogP contribution in [-0.4, -0.2) is 42.9 Å². The number of hydrogen-bond donors (Lipinski definition) is 3. The normalized spacial score (nSPS) is 28.1. The summed E-state index contributed by atoms with van der Waals surface area (Å²) in [7, 11) is 0. The van der Waals surface area contributed by atoms with E-state index in [0.717, 1.165) is 0 Å². The van der Waals surface area contributed by atoms with Gasteiger partial charge in [0.2, 0.25) is 5.91 Å². The van der Waals surface area contributed by atoms with Crippen molar-refractivity contribution in [3.63, 3.8) is 0 Å². The summed E-state index contributed by atoms with van der Waals surface area (Å²) in [6.45, 7) is 4.66. The minimum atomic E-state index is -0.280. The summed E-state index contributed by atoms with van der Waals surface area (Å²) >= 11 is 0. The van der Waals surface area contributed by atoms with Gasteiger partial charge in [0.25, 0.3) is 0 Å². The first kappa shape index (κ1) is 12.4. The highest BCUT2D eigenvalue weighted by atomic mass is 16.5. The molecule has 1 fully saturated rings. The van der Waals surface area contributed by atoms with Gasteiger partial charge in [0.05, 0.1) is 31.8 Å². The van der Waals surface area contributed by atoms with Crippen LogP contribution in [0.25, 0.3) is 0 Å². The van der Waals surface area contributed by atoms with Crippen LogP contribution in [0.2, 0.25) is 0 Å². The van der Waals surface area contributed by atoms with Crippen LogP contribution in [0, 0.1) is 11.8 Å². The van der Waals surface area contributed by atoms with Crippen LogP contribution >= 0.6 is 0 Å². The SMILES string of the molecule is CC(C)C(CO)NC(=O)C1COCC1N. The molecule has 1 aliphatic rings. The Hall–Kier alpha value is -0.650. The van der Waals surface area contributed by atoms with Crippen molar-refractivity contribution in [2.24, 2.45) is 17.6 Å². The molecule has 1 aliphatic heterocycles. The fourth-order valence-corrected chi connectivity index (χ4v) is 1.55. The molecule has 5 nitrogen and oxygen atoms in total. The van der Waals surface area contributed by atoms with Gasteiger partial charge < -0.3 is 20.9 Å². The Morgan fingerprint density at radius 2 is 2.27 bits per heavy atom. The largest absolute Gasteiger partial charge is 0.394 e. The monoisotopic (exact) mass is 216 g/mol. The van der Waals surface area contributed by atoms with Gasteiger partial charge in [-0.25, -0.2) is 0 Å². The van der Waals surface area contributed by atoms with E-state index in [0.29, 0.717) is 13.2 Å². The molecule has 0 saturated carbocycles. The van der Waals surface area contributed by atoms with Gasteiger partial charge in [0, 0.05) is 6.04 Å². The molecule has 0 aromatic rings. The summed E-state index contributed by atoms with van der Waals surface area (Å²) in [5.41, 5.74) is 5.72. The first-order valence-corrected chi connectivity index (χ1v) is 5.30. The lowest BCUT2D eigenvalue weighted by molar-refractivity contribution is -0.126. The van der Waals surface area contributed by atoms with Crippen molar-refractivity contribution in [3.8, 4) is 0 Å². The molecule has 88 valence electrons. The molecule has 0 bridgehead atoms. The number of carbonyl (C=O) groups is 1. The number of ether oxygens (including phenoxy) is 1. The average molecular weight is 216 g/mol. The Morgan fingerprint density at radius 3 is 2.67 bits per heavy atom. The fraction of sp³-hybridized carbons (Fsp3) is 0.900. The lowest BCUT2D eigenvalue weighted by Gasteiger charge is -2.22. The number of nitrogens with one attached hydrogen (secondary N) is 1. The van der Waals surface area contributed by atoms with Gasteiger partial charge in [0.15, 0.2) is 0 Å². The van der Waals surface area contributed by atoms with E-state index < -0.39 is 0 Å². The van der Waals surface area contributed by atoms with E-state index in [1.807, 2.05) is 13.8 Å². The maximum atomic E-state index is 11.7. The summed E-state index contributed by atoms with van der Waals surface area (Å²) in [4.78, 5) is 11.7. The van der Waals surface area contributed by atoms with Crippen molar-refractivity contribution in [2.75, 3.05) is 19.8 Å². The minimum Gasteiger partial charge on any atom is -0.394 e. The molecule has 5 heteroatoms. The molecule has 0 spiro atoms. The van der Waals surface area contributed by atoms with Crippen molar-refractivity contribution < 1.29 is 14.6 Å². The molecule has 0 aliphatic carbocycles. The zero-order chi connectivity index (χ0) is 11.4. The van der Waals surface area contributed by atoms with Crippen LogP contribution in [0.3, 0.4) is 0 Å². The molecule has 3 atom stereocenters. The molecular formula is C10H20N2O3. The molecule has 1 saturated heterocycles. The Labute approximate surface area is 90.0 Å². The lowest BCUT2D eigenvalue weighted by Crippen LogP contribution is -2.48. The van der Waals surface area contributed by atoms with Gasteiger partial charge in [-0.2, -0.15) is 0 Å². The van der Waals surface area contributed by atoms with Gasteiger partial charge >= 0.3 is 0 Å². The molecular weight excluding hydrogens is 196 g/mol. The number of hydrogen-bond acceptors (Lipinski definition) is 4. The van der Waals surface area contributed by atoms with Gasteiger partial charge in [-0.05, 0) is 5.92 Å². The topological polar surface area (TPSA) is 84.6 Å². The highest BCUT2D eigenvalue weighted by Crippen LogP contribution is 2.12. The van der Waals surface area contributed by atoms with Crippen LogP contribution in [-0.2, 0) is 9.53 Å². The predicted molar refractivity (Wildman–Crippen MR) is 56.1 cm³/mol. The lowest BCUT2D eigenvalue weighted by atomic mass is 10.0. The van der Waals surface area contributed by atoms with Crippen LogP contribution in [0.4, 0.5) is 0 Å². The molecule has 0 aromatic heterocycles. The van der Waals surface area contributed by atoms with E-state index in [1.54, 1.807) is 0 Å². The smallest absolute Gasteiger partial charge is 0.227 e. The summed E-state index contributed by atoms with van der Waals surface area (Å²) in [6.07, 6.45) is 0. The highest BCUT2D eigenvalue weighted by molar-refractivity contribution is 5.80. The number of aliphatic hydroxyl groups excluding tert-OH is 1. The van der Waals surface area contributed by atoms with Crippen LogP contribution in [0.1, 0.15) is 13.8 Å². The molecule has 1 amide bonds. The van der Waals surface area contributed by atoms with Crippen molar-refractivity contribution in [1.29, 1.82) is 0 Å².